The van der Waals surface area contributed by atoms with Crippen LogP contribution < -0.4 is 0 Å². The number of hydrogen-bond acceptors (Lipinski definition) is 4. The van der Waals surface area contributed by atoms with E-state index in [4.69, 9.17) is 9.47 Å². The van der Waals surface area contributed by atoms with Crippen LogP contribution in [0.5, 0.6) is 0 Å². The maximum Gasteiger partial charge on any atom is 0.410 e. The molecule has 2 atom stereocenters. The van der Waals surface area contributed by atoms with Gasteiger partial charge in [0.25, 0.3) is 0 Å². The van der Waals surface area contributed by atoms with E-state index in [9.17, 15) is 9.90 Å². The highest BCUT2D eigenvalue weighted by Gasteiger charge is 2.36. The minimum Gasteiger partial charge on any atom is -0.444 e. The molecule has 1 aliphatic heterocycles. The Labute approximate surface area is 109 Å². The van der Waals surface area contributed by atoms with Gasteiger partial charge in [0.1, 0.15) is 5.60 Å². The first-order chi connectivity index (χ1) is 8.37. The first-order valence-electron chi connectivity index (χ1n) is 6.45. The SMILES string of the molecule is COCCC1CN(C(=O)OC(C)(C)C)CC1CO. The predicted octanol–water partition coefficient (Wildman–Crippen LogP) is 1.50. The summed E-state index contributed by atoms with van der Waals surface area (Å²) in [5, 5.41) is 9.35. The summed E-state index contributed by atoms with van der Waals surface area (Å²) in [5.41, 5.74) is -0.476. The normalized spacial score (nSPS) is 24.4. The molecule has 5 nitrogen and oxygen atoms in total. The fourth-order valence-corrected chi connectivity index (χ4v) is 2.22. The van der Waals surface area contributed by atoms with Gasteiger partial charge in [0.2, 0.25) is 0 Å². The summed E-state index contributed by atoms with van der Waals surface area (Å²) in [6, 6.07) is 0. The standard InChI is InChI=1S/C13H25NO4/c1-13(2,3)18-12(16)14-7-10(5-6-17-4)11(8-14)9-15/h10-11,15H,5-9H2,1-4H3. The number of aliphatic hydroxyl groups excluding tert-OH is 1. The quantitative estimate of drug-likeness (QED) is 0.831. The van der Waals surface area contributed by atoms with E-state index in [-0.39, 0.29) is 18.6 Å². The van der Waals surface area contributed by atoms with E-state index >= 15 is 0 Å². The van der Waals surface area contributed by atoms with Gasteiger partial charge in [-0.1, -0.05) is 0 Å². The second-order valence-electron chi connectivity index (χ2n) is 5.87. The minimum absolute atomic E-state index is 0.105. The number of likely N-dealkylation sites (tertiary alicyclic amines) is 1. The molecular weight excluding hydrogens is 234 g/mol. The third-order valence-corrected chi connectivity index (χ3v) is 3.16. The van der Waals surface area contributed by atoms with Crippen LogP contribution in [0.1, 0.15) is 27.2 Å². The van der Waals surface area contributed by atoms with Crippen LogP contribution in [0.4, 0.5) is 4.79 Å². The van der Waals surface area contributed by atoms with E-state index in [2.05, 4.69) is 0 Å². The minimum atomic E-state index is -0.476. The average molecular weight is 259 g/mol. The van der Waals surface area contributed by atoms with E-state index in [0.29, 0.717) is 25.6 Å². The Balaban J connectivity index is 2.52. The number of methoxy groups -OCH3 is 1. The molecule has 0 aliphatic carbocycles. The number of amides is 1. The van der Waals surface area contributed by atoms with Crippen LogP contribution >= 0.6 is 0 Å². The Morgan fingerprint density at radius 2 is 1.94 bits per heavy atom. The lowest BCUT2D eigenvalue weighted by Crippen LogP contribution is -2.35. The summed E-state index contributed by atoms with van der Waals surface area (Å²) < 4.78 is 10.4. The Bertz CT molecular complexity index is 275. The molecule has 0 aromatic carbocycles. The predicted molar refractivity (Wildman–Crippen MR) is 68.4 cm³/mol. The first-order valence-corrected chi connectivity index (χ1v) is 6.45. The molecule has 0 aromatic heterocycles. The van der Waals surface area contributed by atoms with Crippen molar-refractivity contribution in [2.75, 3.05) is 33.4 Å². The molecule has 1 fully saturated rings. The summed E-state index contributed by atoms with van der Waals surface area (Å²) in [4.78, 5) is 13.6. The van der Waals surface area contributed by atoms with Gasteiger partial charge in [-0.05, 0) is 33.1 Å². The highest BCUT2D eigenvalue weighted by Crippen LogP contribution is 2.27. The van der Waals surface area contributed by atoms with Gasteiger partial charge in [-0.15, -0.1) is 0 Å². The molecule has 1 amide bonds. The van der Waals surface area contributed by atoms with Gasteiger partial charge in [-0.25, -0.2) is 4.79 Å². The fourth-order valence-electron chi connectivity index (χ4n) is 2.22. The summed E-state index contributed by atoms with van der Waals surface area (Å²) in [6.45, 7) is 7.53. The average Bonchev–Trinajstić information content (AvgIpc) is 2.67. The van der Waals surface area contributed by atoms with Gasteiger partial charge < -0.3 is 19.5 Å². The molecule has 106 valence electrons. The number of rotatable bonds is 4. The largest absolute Gasteiger partial charge is 0.444 e. The highest BCUT2D eigenvalue weighted by atomic mass is 16.6. The molecule has 1 aliphatic rings. The Morgan fingerprint density at radius 1 is 1.33 bits per heavy atom. The van der Waals surface area contributed by atoms with Gasteiger partial charge in [-0.2, -0.15) is 0 Å². The zero-order valence-corrected chi connectivity index (χ0v) is 11.8. The van der Waals surface area contributed by atoms with Crippen LogP contribution in [-0.4, -0.2) is 55.1 Å². The van der Waals surface area contributed by atoms with E-state index in [1.807, 2.05) is 20.8 Å². The molecule has 1 saturated heterocycles. The summed E-state index contributed by atoms with van der Waals surface area (Å²) in [6.07, 6.45) is 0.571. The van der Waals surface area contributed by atoms with Crippen LogP contribution in [-0.2, 0) is 9.47 Å². The van der Waals surface area contributed by atoms with E-state index in [0.717, 1.165) is 6.42 Å². The lowest BCUT2D eigenvalue weighted by Gasteiger charge is -2.24. The fraction of sp³-hybridized carbons (Fsp3) is 0.923. The molecular formula is C13H25NO4. The van der Waals surface area contributed by atoms with Crippen LogP contribution in [0.15, 0.2) is 0 Å². The van der Waals surface area contributed by atoms with Gasteiger partial charge in [0.05, 0.1) is 0 Å². The number of nitrogens with zero attached hydrogens (tertiary/aromatic N) is 1. The Hall–Kier alpha value is -0.810. The number of carbonyl (C=O) groups is 1. The Morgan fingerprint density at radius 3 is 2.44 bits per heavy atom. The summed E-state index contributed by atoms with van der Waals surface area (Å²) in [7, 11) is 1.66. The van der Waals surface area contributed by atoms with E-state index in [1.54, 1.807) is 12.0 Å². The molecule has 1 rings (SSSR count). The molecule has 0 spiro atoms. The summed E-state index contributed by atoms with van der Waals surface area (Å²) in [5.74, 6) is 0.426. The topological polar surface area (TPSA) is 59.0 Å². The van der Waals surface area contributed by atoms with Gasteiger partial charge in [0, 0.05) is 39.3 Å². The van der Waals surface area contributed by atoms with Crippen molar-refractivity contribution >= 4 is 6.09 Å². The van der Waals surface area contributed by atoms with Crippen molar-refractivity contribution < 1.29 is 19.4 Å². The van der Waals surface area contributed by atoms with Crippen LogP contribution in [0.25, 0.3) is 0 Å². The van der Waals surface area contributed by atoms with Crippen molar-refractivity contribution in [2.24, 2.45) is 11.8 Å². The number of carbonyl (C=O) groups excluding carboxylic acids is 1. The van der Waals surface area contributed by atoms with Crippen molar-refractivity contribution in [2.45, 2.75) is 32.8 Å². The lowest BCUT2D eigenvalue weighted by molar-refractivity contribution is 0.0279. The number of aliphatic hydroxyl groups is 1. The van der Waals surface area contributed by atoms with Crippen LogP contribution in [0, 0.1) is 11.8 Å². The van der Waals surface area contributed by atoms with Crippen molar-refractivity contribution in [3.05, 3.63) is 0 Å². The lowest BCUT2D eigenvalue weighted by atomic mass is 9.94. The van der Waals surface area contributed by atoms with Gasteiger partial charge in [0.15, 0.2) is 0 Å². The second-order valence-corrected chi connectivity index (χ2v) is 5.87. The molecule has 18 heavy (non-hydrogen) atoms. The zero-order valence-electron chi connectivity index (χ0n) is 11.8. The van der Waals surface area contributed by atoms with Gasteiger partial charge in [-0.3, -0.25) is 0 Å². The number of ether oxygens (including phenoxy) is 2. The number of hydrogen-bond donors (Lipinski definition) is 1. The molecule has 0 saturated carbocycles. The van der Waals surface area contributed by atoms with Crippen molar-refractivity contribution in [1.29, 1.82) is 0 Å². The monoisotopic (exact) mass is 259 g/mol. The third-order valence-electron chi connectivity index (χ3n) is 3.16. The molecule has 5 heteroatoms. The van der Waals surface area contributed by atoms with Crippen LogP contribution in [0.3, 0.4) is 0 Å². The maximum absolute atomic E-state index is 11.9. The van der Waals surface area contributed by atoms with Crippen LogP contribution in [0.2, 0.25) is 0 Å². The molecule has 2 unspecified atom stereocenters. The molecule has 1 N–H and O–H groups in total. The van der Waals surface area contributed by atoms with Crippen molar-refractivity contribution in [3.63, 3.8) is 0 Å². The zero-order chi connectivity index (χ0) is 13.8. The van der Waals surface area contributed by atoms with E-state index in [1.165, 1.54) is 0 Å². The third kappa shape index (κ3) is 4.46. The molecule has 0 radical (unpaired) electrons. The van der Waals surface area contributed by atoms with Gasteiger partial charge >= 0.3 is 6.09 Å². The summed E-state index contributed by atoms with van der Waals surface area (Å²) >= 11 is 0. The smallest absolute Gasteiger partial charge is 0.410 e. The first kappa shape index (κ1) is 15.2. The molecule has 0 bridgehead atoms. The highest BCUT2D eigenvalue weighted by molar-refractivity contribution is 5.68. The van der Waals surface area contributed by atoms with Crippen molar-refractivity contribution in [3.8, 4) is 0 Å². The molecule has 0 aromatic rings. The Kier molecular flexibility index (Phi) is 5.41. The second kappa shape index (κ2) is 6.38. The van der Waals surface area contributed by atoms with Crippen molar-refractivity contribution in [1.82, 2.24) is 4.90 Å². The maximum atomic E-state index is 11.9. The molecule has 1 heterocycles. The van der Waals surface area contributed by atoms with E-state index < -0.39 is 5.60 Å².